The lowest BCUT2D eigenvalue weighted by molar-refractivity contribution is 0.669. The van der Waals surface area contributed by atoms with E-state index >= 15 is 0 Å². The molecule has 0 saturated heterocycles. The maximum atomic E-state index is 11.7. The topological polar surface area (TPSA) is 102 Å². The lowest BCUT2D eigenvalue weighted by atomic mass is 9.90. The molecule has 0 amide bonds. The second-order valence-corrected chi connectivity index (χ2v) is 19.0. The minimum absolute atomic E-state index is 0.166. The Kier molecular flexibility index (Phi) is 7.38. The summed E-state index contributed by atoms with van der Waals surface area (Å²) < 4.78 is 26.7. The highest BCUT2D eigenvalue weighted by Crippen LogP contribution is 2.49. The van der Waals surface area contributed by atoms with Crippen LogP contribution in [0.15, 0.2) is 183 Å². The second-order valence-electron chi connectivity index (χ2n) is 19.0. The summed E-state index contributed by atoms with van der Waals surface area (Å²) >= 11 is 0. The van der Waals surface area contributed by atoms with Crippen LogP contribution in [0, 0.1) is 22.7 Å². The number of para-hydroxylation sites is 5. The molecule has 8 nitrogen and oxygen atoms in total. The number of benzene rings is 9. The van der Waals surface area contributed by atoms with Crippen molar-refractivity contribution in [2.45, 2.75) is 19.3 Å². The van der Waals surface area contributed by atoms with Gasteiger partial charge in [-0.3, -0.25) is 0 Å². The molecular weight excluding hydrogens is 875 g/mol. The maximum absolute atomic E-state index is 11.7. The molecule has 1 aliphatic rings. The smallest absolute Gasteiger partial charge is 0.137 e. The van der Waals surface area contributed by atoms with Crippen molar-refractivity contribution >= 4 is 126 Å². The Hall–Kier alpha value is -9.76. The van der Waals surface area contributed by atoms with Crippen molar-refractivity contribution in [3.8, 4) is 29.2 Å². The molecule has 9 aromatic carbocycles. The molecule has 1 aliphatic carbocycles. The van der Waals surface area contributed by atoms with E-state index in [4.69, 9.17) is 13.3 Å². The second kappa shape index (κ2) is 13.7. The molecule has 0 fully saturated rings. The predicted octanol–water partition coefficient (Wildman–Crippen LogP) is 16.8. The summed E-state index contributed by atoms with van der Waals surface area (Å²) in [6, 6.07) is 61.5. The third kappa shape index (κ3) is 4.95. The van der Waals surface area contributed by atoms with Gasteiger partial charge in [0, 0.05) is 77.4 Å². The first-order chi connectivity index (χ1) is 35.0. The van der Waals surface area contributed by atoms with Gasteiger partial charge in [0.25, 0.3) is 0 Å². The molecule has 1 atom stereocenters. The van der Waals surface area contributed by atoms with Crippen LogP contribution in [0.4, 0.5) is 0 Å². The van der Waals surface area contributed by atoms with Crippen LogP contribution in [0.3, 0.4) is 0 Å². The number of aromatic nitrogens is 3. The summed E-state index contributed by atoms with van der Waals surface area (Å²) in [5, 5.41) is 34.7. The van der Waals surface area contributed by atoms with E-state index in [0.29, 0.717) is 28.2 Å². The molecule has 6 heterocycles. The average Bonchev–Trinajstić information content (AvgIpc) is 4.25. The van der Waals surface area contributed by atoms with Gasteiger partial charge in [0.05, 0.1) is 61.5 Å². The van der Waals surface area contributed by atoms with E-state index in [2.05, 4.69) is 148 Å². The Labute approximate surface area is 402 Å². The summed E-state index contributed by atoms with van der Waals surface area (Å²) in [4.78, 5) is 0. The van der Waals surface area contributed by atoms with Crippen LogP contribution in [0.1, 0.15) is 41.6 Å². The fraction of sp³-hybridized carbons (Fsp3) is 0.0476. The lowest BCUT2D eigenvalue weighted by Gasteiger charge is -2.25. The van der Waals surface area contributed by atoms with Crippen LogP contribution in [-0.4, -0.2) is 13.7 Å². The average molecular weight is 910 g/mol. The number of hydrogen-bond acceptors (Lipinski definition) is 5. The van der Waals surface area contributed by atoms with Crippen molar-refractivity contribution < 1.29 is 13.3 Å². The zero-order valence-electron chi connectivity index (χ0n) is 38.0. The monoisotopic (exact) mass is 909 g/mol. The van der Waals surface area contributed by atoms with Gasteiger partial charge in [-0.15, -0.1) is 0 Å². The minimum Gasteiger partial charge on any atom is -0.456 e. The van der Waals surface area contributed by atoms with E-state index in [1.807, 2.05) is 54.6 Å². The van der Waals surface area contributed by atoms with Crippen LogP contribution in [0.25, 0.3) is 143 Å². The Balaban J connectivity index is 1.16. The van der Waals surface area contributed by atoms with Crippen LogP contribution < -0.4 is 0 Å². The Morgan fingerprint density at radius 1 is 0.394 bits per heavy atom. The fourth-order valence-electron chi connectivity index (χ4n) is 12.3. The molecule has 0 aliphatic heterocycles. The van der Waals surface area contributed by atoms with Gasteiger partial charge in [0.1, 0.15) is 45.6 Å². The maximum Gasteiger partial charge on any atom is 0.137 e. The Bertz CT molecular complexity index is 5030. The zero-order valence-corrected chi connectivity index (χ0v) is 38.0. The summed E-state index contributed by atoms with van der Waals surface area (Å²) in [5.74, 6) is 0.166. The standard InChI is InChI=1S/C63H35N5O3/c1-34-13-12-21-50-60(34)47-28-46-41-18-6-11-24-56(41)71-59(46)31-53(47)68(50)62-36(33-65)25-35(32-64)61(66-48-19-7-2-14-37(48)42-26-44-39-16-4-9-22-54(39)69-57(44)29-51(42)66)63(62)67-49-20-8-3-15-38(49)43-27-45-40-17-5-10-23-55(40)70-58(45)30-52(43)67/h2-12,14-31,34H,13H2,1H3. The van der Waals surface area contributed by atoms with E-state index in [0.717, 1.165) is 132 Å². The number of nitrogens with zero attached hydrogens (tertiary/aromatic N) is 5. The van der Waals surface area contributed by atoms with Crippen molar-refractivity contribution in [3.63, 3.8) is 0 Å². The number of rotatable bonds is 3. The molecule has 8 heteroatoms. The van der Waals surface area contributed by atoms with Crippen LogP contribution in [0.2, 0.25) is 0 Å². The molecule has 71 heavy (non-hydrogen) atoms. The molecule has 0 N–H and O–H groups in total. The summed E-state index contributed by atoms with van der Waals surface area (Å²) in [6.07, 6.45) is 5.31. The molecule has 0 saturated carbocycles. The third-order valence-electron chi connectivity index (χ3n) is 15.3. The number of allylic oxidation sites excluding steroid dienone is 1. The largest absolute Gasteiger partial charge is 0.456 e. The molecule has 15 aromatic rings. The van der Waals surface area contributed by atoms with Crippen molar-refractivity contribution in [3.05, 3.63) is 192 Å². The van der Waals surface area contributed by atoms with Crippen LogP contribution >= 0.6 is 0 Å². The summed E-state index contributed by atoms with van der Waals surface area (Å²) in [5.41, 5.74) is 13.9. The predicted molar refractivity (Wildman–Crippen MR) is 285 cm³/mol. The zero-order chi connectivity index (χ0) is 46.8. The summed E-state index contributed by atoms with van der Waals surface area (Å²) in [6.45, 7) is 2.28. The first-order valence-electron chi connectivity index (χ1n) is 23.9. The SMILES string of the molecule is CC1CC=Cc2c1c1cc3c(cc1n2-c1c(C#N)cc(C#N)c(-n2c4ccccc4c4cc5c(cc42)oc2ccccc25)c1-n1c2ccccc2c2cc4c(cc21)oc1ccccc14)oc1ccccc13. The highest BCUT2D eigenvalue weighted by Gasteiger charge is 2.33. The Morgan fingerprint density at radius 3 is 1.30 bits per heavy atom. The van der Waals surface area contributed by atoms with E-state index in [1.54, 1.807) is 6.07 Å². The normalized spacial score (nSPS) is 14.0. The number of hydrogen-bond donors (Lipinski definition) is 0. The van der Waals surface area contributed by atoms with E-state index < -0.39 is 0 Å². The fourth-order valence-corrected chi connectivity index (χ4v) is 12.3. The lowest BCUT2D eigenvalue weighted by Crippen LogP contribution is -2.14. The van der Waals surface area contributed by atoms with Gasteiger partial charge < -0.3 is 27.0 Å². The van der Waals surface area contributed by atoms with E-state index in [9.17, 15) is 10.5 Å². The van der Waals surface area contributed by atoms with Gasteiger partial charge >= 0.3 is 0 Å². The summed E-state index contributed by atoms with van der Waals surface area (Å²) in [7, 11) is 0. The van der Waals surface area contributed by atoms with Gasteiger partial charge in [-0.2, -0.15) is 10.5 Å². The quantitative estimate of drug-likeness (QED) is 0.176. The molecule has 0 spiro atoms. The van der Waals surface area contributed by atoms with Crippen molar-refractivity contribution in [2.24, 2.45) is 0 Å². The van der Waals surface area contributed by atoms with E-state index in [-0.39, 0.29) is 5.92 Å². The molecule has 1 unspecified atom stereocenters. The van der Waals surface area contributed by atoms with Crippen LogP contribution in [0.5, 0.6) is 0 Å². The molecule has 0 radical (unpaired) electrons. The minimum atomic E-state index is 0.166. The molecule has 16 rings (SSSR count). The third-order valence-corrected chi connectivity index (χ3v) is 15.3. The number of fused-ring (bicyclic) bond motifs is 18. The van der Waals surface area contributed by atoms with Crippen molar-refractivity contribution in [1.29, 1.82) is 10.5 Å². The Morgan fingerprint density at radius 2 is 0.803 bits per heavy atom. The first kappa shape index (κ1) is 38.2. The van der Waals surface area contributed by atoms with Gasteiger partial charge in [-0.05, 0) is 78.6 Å². The van der Waals surface area contributed by atoms with Crippen LogP contribution in [-0.2, 0) is 0 Å². The number of furan rings is 3. The molecular formula is C63H35N5O3. The molecule has 330 valence electrons. The highest BCUT2D eigenvalue weighted by atomic mass is 16.3. The van der Waals surface area contributed by atoms with Gasteiger partial charge in [0.15, 0.2) is 0 Å². The van der Waals surface area contributed by atoms with Crippen molar-refractivity contribution in [1.82, 2.24) is 13.7 Å². The van der Waals surface area contributed by atoms with Gasteiger partial charge in [0.2, 0.25) is 0 Å². The highest BCUT2D eigenvalue weighted by molar-refractivity contribution is 6.20. The molecule has 6 aromatic heterocycles. The van der Waals surface area contributed by atoms with Gasteiger partial charge in [-0.1, -0.05) is 104 Å². The molecule has 0 bridgehead atoms. The first-order valence-corrected chi connectivity index (χ1v) is 23.9. The van der Waals surface area contributed by atoms with E-state index in [1.165, 1.54) is 5.56 Å². The van der Waals surface area contributed by atoms with Crippen molar-refractivity contribution in [2.75, 3.05) is 0 Å². The number of nitriles is 2. The van der Waals surface area contributed by atoms with Gasteiger partial charge in [-0.25, -0.2) is 0 Å².